The summed E-state index contributed by atoms with van der Waals surface area (Å²) in [6.07, 6.45) is 1.07. The van der Waals surface area contributed by atoms with E-state index < -0.39 is 12.1 Å². The molecule has 0 radical (unpaired) electrons. The summed E-state index contributed by atoms with van der Waals surface area (Å²) in [5.74, 6) is -0.240. The average molecular weight is 346 g/mol. The zero-order valence-corrected chi connectivity index (χ0v) is 15.7. The van der Waals surface area contributed by atoms with Gasteiger partial charge in [0.25, 0.3) is 0 Å². The molecule has 4 atom stereocenters. The van der Waals surface area contributed by atoms with Crippen molar-refractivity contribution in [1.82, 2.24) is 0 Å². The van der Waals surface area contributed by atoms with Gasteiger partial charge in [0.05, 0.1) is 0 Å². The summed E-state index contributed by atoms with van der Waals surface area (Å²) in [4.78, 5) is 23.4. The maximum absolute atomic E-state index is 12.2. The zero-order chi connectivity index (χ0) is 18.6. The largest absolute Gasteiger partial charge is 0.460 e. The monoisotopic (exact) mass is 346 g/mol. The van der Waals surface area contributed by atoms with E-state index >= 15 is 0 Å². The van der Waals surface area contributed by atoms with Crippen molar-refractivity contribution in [3.05, 3.63) is 35.9 Å². The summed E-state index contributed by atoms with van der Waals surface area (Å²) >= 11 is 0. The van der Waals surface area contributed by atoms with Crippen LogP contribution in [0.3, 0.4) is 0 Å². The fourth-order valence-corrected chi connectivity index (χ4v) is 3.95. The van der Waals surface area contributed by atoms with Crippen molar-refractivity contribution in [2.45, 2.75) is 71.0 Å². The second-order valence-electron chi connectivity index (χ2n) is 8.01. The molecule has 1 aliphatic rings. The highest BCUT2D eigenvalue weighted by molar-refractivity contribution is 5.84. The minimum absolute atomic E-state index is 0.141. The second-order valence-corrected chi connectivity index (χ2v) is 8.01. The Morgan fingerprint density at radius 1 is 1.24 bits per heavy atom. The molecule has 2 rings (SSSR count). The van der Waals surface area contributed by atoms with Crippen LogP contribution < -0.4 is 0 Å². The van der Waals surface area contributed by atoms with Crippen LogP contribution in [0.15, 0.2) is 30.3 Å². The maximum Gasteiger partial charge on any atom is 0.335 e. The van der Waals surface area contributed by atoms with Crippen molar-refractivity contribution in [3.63, 3.8) is 0 Å². The Morgan fingerprint density at radius 2 is 1.88 bits per heavy atom. The van der Waals surface area contributed by atoms with Crippen molar-refractivity contribution in [2.24, 2.45) is 11.8 Å². The number of carbonyl (C=O) groups is 2. The fourth-order valence-electron chi connectivity index (χ4n) is 3.95. The van der Waals surface area contributed by atoms with E-state index in [-0.39, 0.29) is 29.6 Å². The first-order valence-corrected chi connectivity index (χ1v) is 9.15. The lowest BCUT2D eigenvalue weighted by Crippen LogP contribution is -2.44. The van der Waals surface area contributed by atoms with Gasteiger partial charge < -0.3 is 9.84 Å². The predicted molar refractivity (Wildman–Crippen MR) is 97.2 cm³/mol. The quantitative estimate of drug-likeness (QED) is 0.799. The van der Waals surface area contributed by atoms with Crippen LogP contribution >= 0.6 is 0 Å². The maximum atomic E-state index is 12.2. The molecule has 1 fully saturated rings. The van der Waals surface area contributed by atoms with Crippen molar-refractivity contribution in [1.29, 1.82) is 0 Å². The van der Waals surface area contributed by atoms with Gasteiger partial charge in [-0.1, -0.05) is 57.5 Å². The Kier molecular flexibility index (Phi) is 6.39. The van der Waals surface area contributed by atoms with E-state index in [0.717, 1.165) is 19.3 Å². The molecule has 1 aromatic carbocycles. The SMILES string of the molecule is CC(=O)C[C@H](O)C(=O)OC1CC(C)CCC1C(C)(C)c1ccccc1. The Labute approximate surface area is 150 Å². The number of aliphatic hydroxyl groups excluding tert-OH is 1. The molecule has 138 valence electrons. The summed E-state index contributed by atoms with van der Waals surface area (Å²) in [6, 6.07) is 10.3. The Balaban J connectivity index is 2.17. The Morgan fingerprint density at radius 3 is 2.48 bits per heavy atom. The lowest BCUT2D eigenvalue weighted by atomic mass is 9.64. The molecule has 1 N–H and O–H groups in total. The van der Waals surface area contributed by atoms with E-state index in [1.165, 1.54) is 12.5 Å². The van der Waals surface area contributed by atoms with Gasteiger partial charge in [-0.3, -0.25) is 4.79 Å². The third-order valence-corrected chi connectivity index (χ3v) is 5.52. The molecule has 0 saturated heterocycles. The minimum Gasteiger partial charge on any atom is -0.460 e. The highest BCUT2D eigenvalue weighted by Gasteiger charge is 2.42. The van der Waals surface area contributed by atoms with Gasteiger partial charge in [-0.25, -0.2) is 4.79 Å². The standard InChI is InChI=1S/C21H30O4/c1-14-10-11-17(21(3,4)16-8-6-5-7-9-16)19(12-14)25-20(24)18(23)13-15(2)22/h5-9,14,17-19,23H,10-13H2,1-4H3/t14?,17?,18-,19?/m0/s1. The third kappa shape index (κ3) is 4.91. The lowest BCUT2D eigenvalue weighted by molar-refractivity contribution is -0.167. The number of esters is 1. The molecule has 25 heavy (non-hydrogen) atoms. The molecular weight excluding hydrogens is 316 g/mol. The molecule has 0 bridgehead atoms. The number of ketones is 1. The van der Waals surface area contributed by atoms with Crippen LogP contribution in [0.5, 0.6) is 0 Å². The van der Waals surface area contributed by atoms with Crippen LogP contribution in [0, 0.1) is 11.8 Å². The number of ether oxygens (including phenoxy) is 1. The average Bonchev–Trinajstić information content (AvgIpc) is 2.54. The van der Waals surface area contributed by atoms with Crippen LogP contribution in [0.2, 0.25) is 0 Å². The Bertz CT molecular complexity index is 593. The zero-order valence-electron chi connectivity index (χ0n) is 15.7. The highest BCUT2D eigenvalue weighted by Crippen LogP contribution is 2.43. The number of benzene rings is 1. The molecule has 0 aliphatic heterocycles. The molecule has 3 unspecified atom stereocenters. The summed E-state index contributed by atoms with van der Waals surface area (Å²) < 4.78 is 5.70. The smallest absolute Gasteiger partial charge is 0.335 e. The molecule has 1 saturated carbocycles. The van der Waals surface area contributed by atoms with Gasteiger partial charge in [0.15, 0.2) is 6.10 Å². The van der Waals surface area contributed by atoms with E-state index in [4.69, 9.17) is 4.74 Å². The van der Waals surface area contributed by atoms with Crippen molar-refractivity contribution in [2.75, 3.05) is 0 Å². The number of hydrogen-bond donors (Lipinski definition) is 1. The molecule has 0 heterocycles. The van der Waals surface area contributed by atoms with Gasteiger partial charge >= 0.3 is 5.97 Å². The topological polar surface area (TPSA) is 63.6 Å². The van der Waals surface area contributed by atoms with E-state index in [2.05, 4.69) is 32.9 Å². The van der Waals surface area contributed by atoms with Crippen molar-refractivity contribution < 1.29 is 19.4 Å². The van der Waals surface area contributed by atoms with Gasteiger partial charge in [0.1, 0.15) is 11.9 Å². The molecule has 4 heteroatoms. The van der Waals surface area contributed by atoms with Gasteiger partial charge in [0.2, 0.25) is 0 Å². The Hall–Kier alpha value is -1.68. The number of carbonyl (C=O) groups excluding carboxylic acids is 2. The molecule has 4 nitrogen and oxygen atoms in total. The summed E-state index contributed by atoms with van der Waals surface area (Å²) in [6.45, 7) is 7.91. The van der Waals surface area contributed by atoms with Crippen LogP contribution in [0.1, 0.15) is 58.9 Å². The summed E-state index contributed by atoms with van der Waals surface area (Å²) in [5, 5.41) is 9.90. The van der Waals surface area contributed by atoms with Crippen LogP contribution in [0.4, 0.5) is 0 Å². The van der Waals surface area contributed by atoms with E-state index in [1.54, 1.807) is 0 Å². The number of rotatable bonds is 6. The fraction of sp³-hybridized carbons (Fsp3) is 0.619. The lowest BCUT2D eigenvalue weighted by Gasteiger charge is -2.44. The number of hydrogen-bond acceptors (Lipinski definition) is 4. The molecule has 1 aliphatic carbocycles. The van der Waals surface area contributed by atoms with E-state index in [9.17, 15) is 14.7 Å². The normalized spacial score (nSPS) is 25.2. The van der Waals surface area contributed by atoms with Crippen LogP contribution in [-0.4, -0.2) is 29.1 Å². The number of aliphatic hydroxyl groups is 1. The first kappa shape index (κ1) is 19.6. The van der Waals surface area contributed by atoms with Gasteiger partial charge in [0, 0.05) is 12.3 Å². The second kappa shape index (κ2) is 8.13. The minimum atomic E-state index is -1.37. The molecule has 0 amide bonds. The van der Waals surface area contributed by atoms with E-state index in [1.807, 2.05) is 18.2 Å². The first-order valence-electron chi connectivity index (χ1n) is 9.15. The highest BCUT2D eigenvalue weighted by atomic mass is 16.6. The molecule has 0 aromatic heterocycles. The summed E-state index contributed by atoms with van der Waals surface area (Å²) in [7, 11) is 0. The summed E-state index contributed by atoms with van der Waals surface area (Å²) in [5.41, 5.74) is 1.08. The van der Waals surface area contributed by atoms with E-state index in [0.29, 0.717) is 5.92 Å². The van der Waals surface area contributed by atoms with Gasteiger partial charge in [-0.05, 0) is 36.7 Å². The predicted octanol–water partition coefficient (Wildman–Crippen LogP) is 3.65. The first-order chi connectivity index (χ1) is 11.7. The van der Waals surface area contributed by atoms with Crippen LogP contribution in [0.25, 0.3) is 0 Å². The molecule has 1 aromatic rings. The van der Waals surface area contributed by atoms with Gasteiger partial charge in [-0.15, -0.1) is 0 Å². The van der Waals surface area contributed by atoms with Crippen molar-refractivity contribution >= 4 is 11.8 Å². The van der Waals surface area contributed by atoms with Crippen LogP contribution in [-0.2, 0) is 19.7 Å². The molecule has 0 spiro atoms. The number of Topliss-reactive ketones (excluding diaryl/α,β-unsaturated/α-hetero) is 1. The third-order valence-electron chi connectivity index (χ3n) is 5.52. The van der Waals surface area contributed by atoms with Crippen molar-refractivity contribution in [3.8, 4) is 0 Å². The molecular formula is C21H30O4. The van der Waals surface area contributed by atoms with Gasteiger partial charge in [-0.2, -0.15) is 0 Å².